The molecule has 0 amide bonds. The van der Waals surface area contributed by atoms with Crippen molar-refractivity contribution in [2.45, 2.75) is 46.5 Å². The molecule has 2 aromatic carbocycles. The molecule has 0 radical (unpaired) electrons. The Balaban J connectivity index is 0. The smallest absolute Gasteiger partial charge is 0.150 e. The number of hydrogen-bond acceptors (Lipinski definition) is 1. The van der Waals surface area contributed by atoms with E-state index >= 15 is 0 Å². The molecular formula is C20H28I2O. The Morgan fingerprint density at radius 1 is 0.957 bits per heavy atom. The highest BCUT2D eigenvalue weighted by atomic mass is 127. The Kier molecular flexibility index (Phi) is 15.1. The van der Waals surface area contributed by atoms with Crippen LogP contribution in [0, 0.1) is 0 Å². The molecule has 3 heteroatoms. The summed E-state index contributed by atoms with van der Waals surface area (Å²) < 4.78 is 0. The number of halogens is 2. The van der Waals surface area contributed by atoms with Gasteiger partial charge in [-0.15, -0.1) is 48.0 Å². The van der Waals surface area contributed by atoms with Gasteiger partial charge in [0.2, 0.25) is 0 Å². The maximum absolute atomic E-state index is 10.8. The van der Waals surface area contributed by atoms with Crippen molar-refractivity contribution in [3.8, 4) is 11.1 Å². The molecule has 0 aliphatic rings. The number of aldehydes is 1. The van der Waals surface area contributed by atoms with E-state index in [-0.39, 0.29) is 48.0 Å². The monoisotopic (exact) mass is 538 g/mol. The maximum atomic E-state index is 10.8. The fraction of sp³-hybridized carbons (Fsp3) is 0.350. The molecule has 2 aromatic rings. The van der Waals surface area contributed by atoms with Crippen molar-refractivity contribution >= 4 is 54.2 Å². The lowest BCUT2D eigenvalue weighted by Crippen LogP contribution is -1.92. The van der Waals surface area contributed by atoms with Crippen molar-refractivity contribution in [1.82, 2.24) is 0 Å². The van der Waals surface area contributed by atoms with Crippen LogP contribution in [0.4, 0.5) is 0 Å². The third-order valence-corrected chi connectivity index (χ3v) is 3.56. The SMILES string of the molecule is CC.CCCC(C)c1ccc(-c2cccc(C=O)c2)cc1.I.I. The highest BCUT2D eigenvalue weighted by Gasteiger charge is 2.05. The molecule has 0 heterocycles. The van der Waals surface area contributed by atoms with Crippen LogP contribution in [0.3, 0.4) is 0 Å². The van der Waals surface area contributed by atoms with E-state index < -0.39 is 0 Å². The summed E-state index contributed by atoms with van der Waals surface area (Å²) >= 11 is 0. The molecule has 0 aliphatic heterocycles. The lowest BCUT2D eigenvalue weighted by Gasteiger charge is -2.11. The molecule has 2 rings (SSSR count). The van der Waals surface area contributed by atoms with Crippen LogP contribution in [0.25, 0.3) is 11.1 Å². The van der Waals surface area contributed by atoms with Crippen LogP contribution < -0.4 is 0 Å². The van der Waals surface area contributed by atoms with Crippen LogP contribution in [0.1, 0.15) is 62.4 Å². The minimum atomic E-state index is 0. The standard InChI is InChI=1S/C18H20O.C2H6.2HI/c1-3-5-14(2)16-8-10-17(11-9-16)18-7-4-6-15(12-18)13-19;1-2;;/h4,6-14H,3,5H2,1-2H3;1-2H3;2*1H. The Bertz CT molecular complexity index is 550. The fourth-order valence-corrected chi connectivity index (χ4v) is 2.40. The molecular weight excluding hydrogens is 510 g/mol. The van der Waals surface area contributed by atoms with Crippen molar-refractivity contribution in [2.24, 2.45) is 0 Å². The van der Waals surface area contributed by atoms with Gasteiger partial charge in [0.15, 0.2) is 0 Å². The van der Waals surface area contributed by atoms with Crippen molar-refractivity contribution in [1.29, 1.82) is 0 Å². The molecule has 0 N–H and O–H groups in total. The number of rotatable bonds is 5. The van der Waals surface area contributed by atoms with Crippen LogP contribution in [-0.2, 0) is 0 Å². The minimum Gasteiger partial charge on any atom is -0.298 e. The fourth-order valence-electron chi connectivity index (χ4n) is 2.40. The molecule has 1 nitrogen and oxygen atoms in total. The van der Waals surface area contributed by atoms with Crippen LogP contribution in [0.5, 0.6) is 0 Å². The Morgan fingerprint density at radius 3 is 2.09 bits per heavy atom. The number of hydrogen-bond donors (Lipinski definition) is 0. The summed E-state index contributed by atoms with van der Waals surface area (Å²) in [5.41, 5.74) is 4.37. The van der Waals surface area contributed by atoms with Gasteiger partial charge in [-0.3, -0.25) is 4.79 Å². The second kappa shape index (κ2) is 14.0. The quantitative estimate of drug-likeness (QED) is 0.288. The number of carbonyl (C=O) groups excluding carboxylic acids is 1. The lowest BCUT2D eigenvalue weighted by molar-refractivity contribution is 0.112. The Labute approximate surface area is 175 Å². The zero-order valence-corrected chi connectivity index (χ0v) is 19.1. The van der Waals surface area contributed by atoms with E-state index in [2.05, 4.69) is 38.1 Å². The minimum absolute atomic E-state index is 0. The van der Waals surface area contributed by atoms with Gasteiger partial charge < -0.3 is 0 Å². The second-order valence-electron chi connectivity index (χ2n) is 5.06. The van der Waals surface area contributed by atoms with E-state index in [0.717, 1.165) is 23.0 Å². The zero-order valence-electron chi connectivity index (χ0n) is 14.4. The Hall–Kier alpha value is -0.430. The first-order valence-corrected chi connectivity index (χ1v) is 7.90. The van der Waals surface area contributed by atoms with Gasteiger partial charge in [-0.2, -0.15) is 0 Å². The molecule has 1 unspecified atom stereocenters. The molecule has 23 heavy (non-hydrogen) atoms. The van der Waals surface area contributed by atoms with Gasteiger partial charge in [0, 0.05) is 5.56 Å². The third-order valence-electron chi connectivity index (χ3n) is 3.56. The predicted molar refractivity (Wildman–Crippen MR) is 123 cm³/mol. The third kappa shape index (κ3) is 7.79. The van der Waals surface area contributed by atoms with Gasteiger partial charge in [0.25, 0.3) is 0 Å². The van der Waals surface area contributed by atoms with Crippen LogP contribution in [-0.4, -0.2) is 6.29 Å². The largest absolute Gasteiger partial charge is 0.298 e. The van der Waals surface area contributed by atoms with Crippen LogP contribution >= 0.6 is 48.0 Å². The summed E-state index contributed by atoms with van der Waals surface area (Å²) in [6, 6.07) is 16.4. The summed E-state index contributed by atoms with van der Waals surface area (Å²) in [6.45, 7) is 8.49. The molecule has 0 fully saturated rings. The zero-order chi connectivity index (χ0) is 15.7. The molecule has 0 spiro atoms. The van der Waals surface area contributed by atoms with E-state index in [0.29, 0.717) is 5.92 Å². The van der Waals surface area contributed by atoms with E-state index in [9.17, 15) is 4.79 Å². The van der Waals surface area contributed by atoms with Crippen LogP contribution in [0.15, 0.2) is 48.5 Å². The molecule has 1 atom stereocenters. The first-order chi connectivity index (χ1) is 10.2. The topological polar surface area (TPSA) is 17.1 Å². The molecule has 0 saturated heterocycles. The molecule has 128 valence electrons. The summed E-state index contributed by atoms with van der Waals surface area (Å²) in [6.07, 6.45) is 3.32. The van der Waals surface area contributed by atoms with E-state index in [1.165, 1.54) is 18.4 Å². The summed E-state index contributed by atoms with van der Waals surface area (Å²) in [7, 11) is 0. The summed E-state index contributed by atoms with van der Waals surface area (Å²) in [5.74, 6) is 0.611. The van der Waals surface area contributed by atoms with Gasteiger partial charge in [0.1, 0.15) is 6.29 Å². The Morgan fingerprint density at radius 2 is 1.57 bits per heavy atom. The molecule has 0 bridgehead atoms. The van der Waals surface area contributed by atoms with Crippen molar-refractivity contribution in [2.75, 3.05) is 0 Å². The molecule has 0 aliphatic carbocycles. The van der Waals surface area contributed by atoms with Crippen LogP contribution in [0.2, 0.25) is 0 Å². The normalized spacial score (nSPS) is 10.3. The second-order valence-corrected chi connectivity index (χ2v) is 5.06. The summed E-state index contributed by atoms with van der Waals surface area (Å²) in [4.78, 5) is 10.8. The number of benzene rings is 2. The van der Waals surface area contributed by atoms with Crippen molar-refractivity contribution in [3.63, 3.8) is 0 Å². The average molecular weight is 538 g/mol. The molecule has 0 aromatic heterocycles. The molecule has 0 saturated carbocycles. The highest BCUT2D eigenvalue weighted by Crippen LogP contribution is 2.25. The van der Waals surface area contributed by atoms with Gasteiger partial charge in [-0.05, 0) is 35.1 Å². The maximum Gasteiger partial charge on any atom is 0.150 e. The van der Waals surface area contributed by atoms with Gasteiger partial charge in [-0.25, -0.2) is 0 Å². The van der Waals surface area contributed by atoms with E-state index in [1.807, 2.05) is 38.1 Å². The average Bonchev–Trinajstić information content (AvgIpc) is 2.57. The van der Waals surface area contributed by atoms with Crippen molar-refractivity contribution in [3.05, 3.63) is 59.7 Å². The van der Waals surface area contributed by atoms with Gasteiger partial charge in [-0.1, -0.05) is 76.6 Å². The van der Waals surface area contributed by atoms with E-state index in [1.54, 1.807) is 0 Å². The van der Waals surface area contributed by atoms with E-state index in [4.69, 9.17) is 0 Å². The first kappa shape index (κ1) is 24.8. The highest BCUT2D eigenvalue weighted by molar-refractivity contribution is 14.0. The van der Waals surface area contributed by atoms with Crippen molar-refractivity contribution < 1.29 is 4.79 Å². The number of carbonyl (C=O) groups is 1. The summed E-state index contributed by atoms with van der Waals surface area (Å²) in [5, 5.41) is 0. The van der Waals surface area contributed by atoms with Gasteiger partial charge >= 0.3 is 0 Å². The van der Waals surface area contributed by atoms with Gasteiger partial charge in [0.05, 0.1) is 0 Å². The lowest BCUT2D eigenvalue weighted by atomic mass is 9.94. The first-order valence-electron chi connectivity index (χ1n) is 7.90. The predicted octanol–water partition coefficient (Wildman–Crippen LogP) is 7.33.